The molecule has 0 aromatic carbocycles. The second-order valence-corrected chi connectivity index (χ2v) is 8.07. The van der Waals surface area contributed by atoms with Crippen molar-refractivity contribution in [1.82, 2.24) is 0 Å². The maximum absolute atomic E-state index is 11.8. The van der Waals surface area contributed by atoms with Crippen LogP contribution in [0.3, 0.4) is 0 Å². The number of rotatable bonds is 7. The molecule has 5 nitrogen and oxygen atoms in total. The first kappa shape index (κ1) is 14.6. The quantitative estimate of drug-likeness (QED) is 0.565. The van der Waals surface area contributed by atoms with Crippen molar-refractivity contribution in [2.75, 3.05) is 24.7 Å². The molecule has 0 heterocycles. The molecule has 1 N–H and O–H groups in total. The lowest BCUT2D eigenvalue weighted by atomic mass is 10.9. The predicted molar refractivity (Wildman–Crippen MR) is 56.3 cm³/mol. The van der Waals surface area contributed by atoms with Crippen LogP contribution in [0.1, 0.15) is 13.8 Å². The summed E-state index contributed by atoms with van der Waals surface area (Å²) < 4.78 is 32.7. The molecule has 0 fully saturated rings. The normalized spacial score (nSPS) is 16.6. The molecular formula is C6H15ClO5P2. The lowest BCUT2D eigenvalue weighted by molar-refractivity contribution is 0.223. The fourth-order valence-electron chi connectivity index (χ4n) is 0.821. The van der Waals surface area contributed by atoms with E-state index in [0.717, 1.165) is 0 Å². The van der Waals surface area contributed by atoms with Crippen LogP contribution in [-0.2, 0) is 18.2 Å². The van der Waals surface area contributed by atoms with Crippen LogP contribution in [-0.4, -0.2) is 29.6 Å². The Hall–Kier alpha value is 0.630. The van der Waals surface area contributed by atoms with Gasteiger partial charge in [0.25, 0.3) is 0 Å². The number of hydrogen-bond acceptors (Lipinski definition) is 4. The van der Waals surface area contributed by atoms with Crippen LogP contribution in [0.5, 0.6) is 0 Å². The summed E-state index contributed by atoms with van der Waals surface area (Å²) in [4.78, 5) is 9.20. The summed E-state index contributed by atoms with van der Waals surface area (Å²) in [6, 6.07) is 0. The number of alkyl halides is 1. The Morgan fingerprint density at radius 2 is 1.64 bits per heavy atom. The van der Waals surface area contributed by atoms with E-state index in [9.17, 15) is 14.0 Å². The van der Waals surface area contributed by atoms with E-state index >= 15 is 0 Å². The highest BCUT2D eigenvalue weighted by Gasteiger charge is 2.33. The smallest absolute Gasteiger partial charge is 0.340 e. The predicted octanol–water partition coefficient (Wildman–Crippen LogP) is 2.68. The van der Waals surface area contributed by atoms with Gasteiger partial charge in [0.15, 0.2) is 0 Å². The standard InChI is InChI=1S/C6H15ClO5P2/c1-3-11-14(10,12-4-2)6-13(8,9)5-7/h3-6H2,1-2H3,(H,8,9). The van der Waals surface area contributed by atoms with Gasteiger partial charge in [-0.2, -0.15) is 0 Å². The van der Waals surface area contributed by atoms with Gasteiger partial charge < -0.3 is 13.9 Å². The van der Waals surface area contributed by atoms with Gasteiger partial charge in [-0.05, 0) is 13.8 Å². The Balaban J connectivity index is 4.52. The third-order valence-corrected chi connectivity index (χ3v) is 7.18. The highest BCUT2D eigenvalue weighted by molar-refractivity contribution is 7.74. The third kappa shape index (κ3) is 5.50. The molecule has 0 saturated carbocycles. The highest BCUT2D eigenvalue weighted by Crippen LogP contribution is 2.61. The van der Waals surface area contributed by atoms with Crippen molar-refractivity contribution < 1.29 is 23.1 Å². The Kier molecular flexibility index (Phi) is 6.55. The van der Waals surface area contributed by atoms with Crippen molar-refractivity contribution in [2.45, 2.75) is 13.8 Å². The van der Waals surface area contributed by atoms with Crippen molar-refractivity contribution in [3.05, 3.63) is 0 Å². The van der Waals surface area contributed by atoms with Crippen molar-refractivity contribution in [3.8, 4) is 0 Å². The van der Waals surface area contributed by atoms with Gasteiger partial charge in [0.05, 0.1) is 18.8 Å². The van der Waals surface area contributed by atoms with Gasteiger partial charge in [0.1, 0.15) is 5.90 Å². The van der Waals surface area contributed by atoms with E-state index in [-0.39, 0.29) is 13.2 Å². The average molecular weight is 265 g/mol. The molecule has 0 saturated heterocycles. The molecular weight excluding hydrogens is 249 g/mol. The molecule has 0 aromatic rings. The van der Waals surface area contributed by atoms with Crippen LogP contribution >= 0.6 is 26.6 Å². The monoisotopic (exact) mass is 264 g/mol. The largest absolute Gasteiger partial charge is 0.343 e. The minimum Gasteiger partial charge on any atom is -0.343 e. The van der Waals surface area contributed by atoms with Crippen LogP contribution in [0.4, 0.5) is 0 Å². The van der Waals surface area contributed by atoms with Crippen LogP contribution in [0.2, 0.25) is 0 Å². The molecule has 0 bridgehead atoms. The second kappa shape index (κ2) is 6.26. The van der Waals surface area contributed by atoms with E-state index in [1.807, 2.05) is 0 Å². The molecule has 14 heavy (non-hydrogen) atoms. The van der Waals surface area contributed by atoms with Crippen molar-refractivity contribution in [3.63, 3.8) is 0 Å². The molecule has 0 radical (unpaired) electrons. The molecule has 0 spiro atoms. The van der Waals surface area contributed by atoms with E-state index in [0.29, 0.717) is 0 Å². The van der Waals surface area contributed by atoms with E-state index in [2.05, 4.69) is 0 Å². The lowest BCUT2D eigenvalue weighted by Crippen LogP contribution is -2.01. The molecule has 0 aliphatic carbocycles. The second-order valence-electron chi connectivity index (χ2n) is 2.55. The Morgan fingerprint density at radius 1 is 1.21 bits per heavy atom. The zero-order valence-corrected chi connectivity index (χ0v) is 10.7. The summed E-state index contributed by atoms with van der Waals surface area (Å²) in [6.45, 7) is 3.60. The van der Waals surface area contributed by atoms with Crippen LogP contribution < -0.4 is 0 Å². The van der Waals surface area contributed by atoms with E-state index in [4.69, 9.17) is 20.6 Å². The van der Waals surface area contributed by atoms with Gasteiger partial charge in [0, 0.05) is 0 Å². The molecule has 1 unspecified atom stereocenters. The summed E-state index contributed by atoms with van der Waals surface area (Å²) in [7, 11) is -7.06. The zero-order valence-electron chi connectivity index (χ0n) is 8.18. The Labute approximate surface area is 88.7 Å². The first-order chi connectivity index (χ1) is 6.39. The van der Waals surface area contributed by atoms with Crippen LogP contribution in [0, 0.1) is 0 Å². The fourth-order valence-corrected chi connectivity index (χ4v) is 5.48. The molecule has 0 amide bonds. The number of halogens is 1. The lowest BCUT2D eigenvalue weighted by Gasteiger charge is -2.18. The summed E-state index contributed by atoms with van der Waals surface area (Å²) >= 11 is 5.25. The molecule has 0 aliphatic rings. The SMILES string of the molecule is CCOP(=O)(CP(=O)(O)CCl)OCC. The maximum atomic E-state index is 11.8. The van der Waals surface area contributed by atoms with Gasteiger partial charge >= 0.3 is 7.60 Å². The van der Waals surface area contributed by atoms with Crippen LogP contribution in [0.25, 0.3) is 0 Å². The molecule has 0 aromatic heterocycles. The molecule has 0 rings (SSSR count). The molecule has 1 atom stereocenters. The first-order valence-electron chi connectivity index (χ1n) is 4.14. The summed E-state index contributed by atoms with van der Waals surface area (Å²) in [5, 5.41) is 0. The third-order valence-electron chi connectivity index (χ3n) is 1.23. The topological polar surface area (TPSA) is 72.8 Å². The zero-order chi connectivity index (χ0) is 11.2. The average Bonchev–Trinajstić information content (AvgIpc) is 2.03. The number of hydrogen-bond donors (Lipinski definition) is 1. The van der Waals surface area contributed by atoms with Gasteiger partial charge in [-0.1, -0.05) is 0 Å². The molecule has 8 heteroatoms. The maximum Gasteiger partial charge on any atom is 0.340 e. The summed E-state index contributed by atoms with van der Waals surface area (Å²) in [6.07, 6.45) is 0. The van der Waals surface area contributed by atoms with E-state index in [1.54, 1.807) is 13.8 Å². The van der Waals surface area contributed by atoms with Crippen LogP contribution in [0.15, 0.2) is 0 Å². The summed E-state index contributed by atoms with van der Waals surface area (Å²) in [5.41, 5.74) is -0.447. The van der Waals surface area contributed by atoms with Crippen molar-refractivity contribution >= 4 is 26.6 Å². The first-order valence-corrected chi connectivity index (χ1v) is 8.43. The molecule has 0 aliphatic heterocycles. The Bertz CT molecular complexity index is 247. The molecule has 86 valence electrons. The highest BCUT2D eigenvalue weighted by atomic mass is 35.5. The van der Waals surface area contributed by atoms with Crippen molar-refractivity contribution in [2.24, 2.45) is 0 Å². The van der Waals surface area contributed by atoms with Crippen molar-refractivity contribution in [1.29, 1.82) is 0 Å². The van der Waals surface area contributed by atoms with Gasteiger partial charge in [0.2, 0.25) is 7.37 Å². The minimum atomic E-state index is -3.60. The van der Waals surface area contributed by atoms with E-state index in [1.165, 1.54) is 0 Å². The van der Waals surface area contributed by atoms with Gasteiger partial charge in [-0.15, -0.1) is 11.6 Å². The van der Waals surface area contributed by atoms with Gasteiger partial charge in [-0.25, -0.2) is 0 Å². The van der Waals surface area contributed by atoms with Gasteiger partial charge in [-0.3, -0.25) is 9.13 Å². The fraction of sp³-hybridized carbons (Fsp3) is 1.00. The summed E-state index contributed by atoms with van der Waals surface area (Å²) in [5.74, 6) is -0.523. The Morgan fingerprint density at radius 3 is 1.93 bits per heavy atom. The minimum absolute atomic E-state index is 0.166. The van der Waals surface area contributed by atoms with E-state index < -0.39 is 26.5 Å².